The Labute approximate surface area is 133 Å². The van der Waals surface area contributed by atoms with Crippen molar-refractivity contribution in [1.29, 1.82) is 5.26 Å². The maximum atomic E-state index is 12.5. The molecule has 2 aromatic rings. The van der Waals surface area contributed by atoms with Crippen LogP contribution in [0.25, 0.3) is 0 Å². The van der Waals surface area contributed by atoms with Gasteiger partial charge in [0.15, 0.2) is 0 Å². The molecule has 23 heavy (non-hydrogen) atoms. The van der Waals surface area contributed by atoms with Crippen molar-refractivity contribution in [2.45, 2.75) is 13.0 Å². The van der Waals surface area contributed by atoms with Crippen LogP contribution in [0.1, 0.15) is 34.5 Å². The summed E-state index contributed by atoms with van der Waals surface area (Å²) < 4.78 is 0. The van der Waals surface area contributed by atoms with Crippen LogP contribution >= 0.6 is 0 Å². The molecule has 0 saturated heterocycles. The minimum absolute atomic E-state index is 0.0123. The van der Waals surface area contributed by atoms with Gasteiger partial charge in [0.05, 0.1) is 22.6 Å². The van der Waals surface area contributed by atoms with Gasteiger partial charge in [-0.2, -0.15) is 5.26 Å². The van der Waals surface area contributed by atoms with Gasteiger partial charge >= 0.3 is 0 Å². The first-order chi connectivity index (χ1) is 10.9. The smallest absolute Gasteiger partial charge is 0.269 e. The summed E-state index contributed by atoms with van der Waals surface area (Å²) in [4.78, 5) is 24.4. The van der Waals surface area contributed by atoms with E-state index in [1.54, 1.807) is 44.3 Å². The maximum absolute atomic E-state index is 12.5. The van der Waals surface area contributed by atoms with Crippen molar-refractivity contribution < 1.29 is 9.72 Å². The average molecular weight is 309 g/mol. The highest BCUT2D eigenvalue weighted by molar-refractivity contribution is 5.94. The number of benzene rings is 2. The van der Waals surface area contributed by atoms with Gasteiger partial charge in [0.2, 0.25) is 0 Å². The molecule has 0 spiro atoms. The molecule has 116 valence electrons. The van der Waals surface area contributed by atoms with E-state index in [0.717, 1.165) is 0 Å². The number of amides is 1. The molecule has 0 N–H and O–H groups in total. The lowest BCUT2D eigenvalue weighted by molar-refractivity contribution is -0.384. The van der Waals surface area contributed by atoms with E-state index in [0.29, 0.717) is 16.7 Å². The number of hydrogen-bond acceptors (Lipinski definition) is 4. The summed E-state index contributed by atoms with van der Waals surface area (Å²) in [6.07, 6.45) is 0. The van der Waals surface area contributed by atoms with Crippen molar-refractivity contribution in [2.24, 2.45) is 0 Å². The van der Waals surface area contributed by atoms with Gasteiger partial charge in [-0.05, 0) is 30.7 Å². The number of non-ortho nitro benzene ring substituents is 1. The molecule has 1 amide bonds. The lowest BCUT2D eigenvalue weighted by Gasteiger charge is -2.25. The van der Waals surface area contributed by atoms with Crippen molar-refractivity contribution in [3.05, 3.63) is 75.3 Å². The van der Waals surface area contributed by atoms with E-state index in [2.05, 4.69) is 0 Å². The Morgan fingerprint density at radius 1 is 1.26 bits per heavy atom. The number of carbonyl (C=O) groups excluding carboxylic acids is 1. The predicted molar refractivity (Wildman–Crippen MR) is 84.8 cm³/mol. The molecule has 2 aromatic carbocycles. The Hall–Kier alpha value is -3.20. The fourth-order valence-corrected chi connectivity index (χ4v) is 2.22. The van der Waals surface area contributed by atoms with Crippen molar-refractivity contribution in [1.82, 2.24) is 4.90 Å². The van der Waals surface area contributed by atoms with Gasteiger partial charge in [-0.25, -0.2) is 0 Å². The topological polar surface area (TPSA) is 87.2 Å². The van der Waals surface area contributed by atoms with Crippen LogP contribution in [0.2, 0.25) is 0 Å². The highest BCUT2D eigenvalue weighted by Gasteiger charge is 2.20. The largest absolute Gasteiger partial charge is 0.335 e. The van der Waals surface area contributed by atoms with Crippen LogP contribution in [0.3, 0.4) is 0 Å². The quantitative estimate of drug-likeness (QED) is 0.640. The Morgan fingerprint density at radius 2 is 1.96 bits per heavy atom. The standard InChI is InChI=1S/C17H15N3O3/c1-12(14-6-4-8-16(10-14)20(22)23)19(2)17(21)15-7-3-5-13(9-15)11-18/h3-10,12H,1-2H3/t12-/m1/s1. The van der Waals surface area contributed by atoms with Crippen molar-refractivity contribution in [2.75, 3.05) is 7.05 Å². The van der Waals surface area contributed by atoms with Gasteiger partial charge in [0.1, 0.15) is 0 Å². The summed E-state index contributed by atoms with van der Waals surface area (Å²) in [5, 5.41) is 19.8. The first-order valence-electron chi connectivity index (χ1n) is 6.95. The normalized spacial score (nSPS) is 11.3. The monoisotopic (exact) mass is 309 g/mol. The molecule has 6 heteroatoms. The number of nitrogens with zero attached hydrogens (tertiary/aromatic N) is 3. The Bertz CT molecular complexity index is 796. The molecule has 6 nitrogen and oxygen atoms in total. The molecule has 0 heterocycles. The SMILES string of the molecule is C[C@H](c1cccc([N+](=O)[O-])c1)N(C)C(=O)c1cccc(C#N)c1. The van der Waals surface area contributed by atoms with Gasteiger partial charge in [0.25, 0.3) is 11.6 Å². The molecule has 0 radical (unpaired) electrons. The summed E-state index contributed by atoms with van der Waals surface area (Å²) >= 11 is 0. The van der Waals surface area contributed by atoms with E-state index in [4.69, 9.17) is 5.26 Å². The van der Waals surface area contributed by atoms with Crippen LogP contribution in [0.15, 0.2) is 48.5 Å². The summed E-state index contributed by atoms with van der Waals surface area (Å²) in [6.45, 7) is 1.80. The van der Waals surface area contributed by atoms with Crippen LogP contribution in [-0.2, 0) is 0 Å². The molecule has 0 aromatic heterocycles. The number of hydrogen-bond donors (Lipinski definition) is 0. The molecule has 0 aliphatic heterocycles. The second-order valence-electron chi connectivity index (χ2n) is 5.14. The predicted octanol–water partition coefficient (Wildman–Crippen LogP) is 3.30. The van der Waals surface area contributed by atoms with E-state index in [1.807, 2.05) is 6.07 Å². The first kappa shape index (κ1) is 16.2. The molecule has 0 saturated carbocycles. The molecule has 1 atom stereocenters. The average Bonchev–Trinajstić information content (AvgIpc) is 2.59. The second kappa shape index (κ2) is 6.71. The summed E-state index contributed by atoms with van der Waals surface area (Å²) in [7, 11) is 1.63. The summed E-state index contributed by atoms with van der Waals surface area (Å²) in [5.41, 5.74) is 1.48. The molecule has 0 unspecified atom stereocenters. The van der Waals surface area contributed by atoms with Crippen molar-refractivity contribution in [3.63, 3.8) is 0 Å². The molecule has 0 bridgehead atoms. The Morgan fingerprint density at radius 3 is 2.61 bits per heavy atom. The molecule has 0 fully saturated rings. The Balaban J connectivity index is 2.26. The second-order valence-corrected chi connectivity index (χ2v) is 5.14. The number of rotatable bonds is 4. The zero-order chi connectivity index (χ0) is 17.0. The van der Waals surface area contributed by atoms with Gasteiger partial charge in [-0.15, -0.1) is 0 Å². The van der Waals surface area contributed by atoms with E-state index in [1.165, 1.54) is 23.1 Å². The number of nitriles is 1. The van der Waals surface area contributed by atoms with Gasteiger partial charge in [0, 0.05) is 24.7 Å². The lowest BCUT2D eigenvalue weighted by atomic mass is 10.0. The van der Waals surface area contributed by atoms with Crippen molar-refractivity contribution in [3.8, 4) is 6.07 Å². The minimum Gasteiger partial charge on any atom is -0.335 e. The van der Waals surface area contributed by atoms with Crippen LogP contribution < -0.4 is 0 Å². The lowest BCUT2D eigenvalue weighted by Crippen LogP contribution is -2.29. The zero-order valence-electron chi connectivity index (χ0n) is 12.8. The maximum Gasteiger partial charge on any atom is 0.269 e. The summed E-state index contributed by atoms with van der Waals surface area (Å²) in [5.74, 6) is -0.249. The fraction of sp³-hybridized carbons (Fsp3) is 0.176. The Kier molecular flexibility index (Phi) is 4.72. The van der Waals surface area contributed by atoms with Crippen LogP contribution in [0.5, 0.6) is 0 Å². The number of carbonyl (C=O) groups is 1. The van der Waals surface area contributed by atoms with Crippen LogP contribution in [0, 0.1) is 21.4 Å². The third kappa shape index (κ3) is 3.52. The summed E-state index contributed by atoms with van der Waals surface area (Å²) in [6, 6.07) is 14.3. The first-order valence-corrected chi connectivity index (χ1v) is 6.95. The van der Waals surface area contributed by atoms with Crippen LogP contribution in [0.4, 0.5) is 5.69 Å². The van der Waals surface area contributed by atoms with E-state index >= 15 is 0 Å². The van der Waals surface area contributed by atoms with Crippen molar-refractivity contribution >= 4 is 11.6 Å². The van der Waals surface area contributed by atoms with Gasteiger partial charge < -0.3 is 4.90 Å². The van der Waals surface area contributed by atoms with Gasteiger partial charge in [-0.1, -0.05) is 18.2 Å². The molecule has 0 aliphatic rings. The third-order valence-electron chi connectivity index (χ3n) is 3.70. The minimum atomic E-state index is -0.464. The van der Waals surface area contributed by atoms with E-state index in [9.17, 15) is 14.9 Å². The molecule has 0 aliphatic carbocycles. The molecular weight excluding hydrogens is 294 g/mol. The molecule has 2 rings (SSSR count). The fourth-order valence-electron chi connectivity index (χ4n) is 2.22. The number of nitro benzene ring substituents is 1. The third-order valence-corrected chi connectivity index (χ3v) is 3.70. The van der Waals surface area contributed by atoms with E-state index < -0.39 is 4.92 Å². The van der Waals surface area contributed by atoms with Gasteiger partial charge in [-0.3, -0.25) is 14.9 Å². The highest BCUT2D eigenvalue weighted by atomic mass is 16.6. The van der Waals surface area contributed by atoms with Crippen LogP contribution in [-0.4, -0.2) is 22.8 Å². The highest BCUT2D eigenvalue weighted by Crippen LogP contribution is 2.24. The molecular formula is C17H15N3O3. The number of nitro groups is 1. The van der Waals surface area contributed by atoms with E-state index in [-0.39, 0.29) is 17.6 Å². The zero-order valence-corrected chi connectivity index (χ0v) is 12.8.